The number of allylic oxidation sites excluding steroid dienone is 2. The van der Waals surface area contributed by atoms with E-state index in [1.165, 1.54) is 22.3 Å². The molecule has 1 aliphatic rings. The predicted molar refractivity (Wildman–Crippen MR) is 93.8 cm³/mol. The molecule has 4 N–H and O–H groups in total. The van der Waals surface area contributed by atoms with Crippen molar-refractivity contribution in [1.29, 1.82) is 0 Å². The van der Waals surface area contributed by atoms with Crippen molar-refractivity contribution in [3.05, 3.63) is 82.2 Å². The topological polar surface area (TPSA) is 52.0 Å². The van der Waals surface area contributed by atoms with Gasteiger partial charge in [-0.3, -0.25) is 0 Å². The molecule has 2 aromatic carbocycles. The summed E-state index contributed by atoms with van der Waals surface area (Å²) in [5, 5.41) is 0. The number of hydrogen-bond donors (Lipinski definition) is 2. The molecule has 3 rings (SSSR count). The summed E-state index contributed by atoms with van der Waals surface area (Å²) >= 11 is 0. The smallest absolute Gasteiger partial charge is 0.0589 e. The van der Waals surface area contributed by atoms with Crippen LogP contribution in [-0.2, 0) is 0 Å². The highest BCUT2D eigenvalue weighted by molar-refractivity contribution is 5.83. The van der Waals surface area contributed by atoms with Gasteiger partial charge in [0.15, 0.2) is 0 Å². The zero-order valence-corrected chi connectivity index (χ0v) is 13.2. The van der Waals surface area contributed by atoms with Crippen LogP contribution in [0.2, 0.25) is 0 Å². The summed E-state index contributed by atoms with van der Waals surface area (Å²) < 4.78 is 0. The van der Waals surface area contributed by atoms with Crippen LogP contribution in [0, 0.1) is 13.8 Å². The maximum atomic E-state index is 6.35. The van der Waals surface area contributed by atoms with Crippen molar-refractivity contribution in [3.8, 4) is 0 Å². The molecule has 22 heavy (non-hydrogen) atoms. The molecule has 0 spiro atoms. The highest BCUT2D eigenvalue weighted by Gasteiger charge is 2.19. The Morgan fingerprint density at radius 1 is 0.591 bits per heavy atom. The Morgan fingerprint density at radius 2 is 0.909 bits per heavy atom. The molecule has 0 saturated carbocycles. The number of benzene rings is 2. The maximum absolute atomic E-state index is 6.35. The molecule has 0 atom stereocenters. The van der Waals surface area contributed by atoms with Crippen LogP contribution in [-0.4, -0.2) is 0 Å². The minimum Gasteiger partial charge on any atom is -0.397 e. The van der Waals surface area contributed by atoms with Crippen molar-refractivity contribution in [2.75, 3.05) is 0 Å². The van der Waals surface area contributed by atoms with Gasteiger partial charge in [-0.05, 0) is 49.0 Å². The Balaban J connectivity index is 2.02. The molecule has 0 bridgehead atoms. The van der Waals surface area contributed by atoms with Crippen LogP contribution in [0.25, 0.3) is 11.1 Å². The van der Waals surface area contributed by atoms with E-state index >= 15 is 0 Å². The van der Waals surface area contributed by atoms with E-state index in [2.05, 4.69) is 62.4 Å². The van der Waals surface area contributed by atoms with E-state index in [4.69, 9.17) is 11.5 Å². The monoisotopic (exact) mass is 290 g/mol. The van der Waals surface area contributed by atoms with E-state index in [0.29, 0.717) is 0 Å². The maximum Gasteiger partial charge on any atom is 0.0589 e. The zero-order chi connectivity index (χ0) is 15.7. The third kappa shape index (κ3) is 2.64. The van der Waals surface area contributed by atoms with E-state index in [9.17, 15) is 0 Å². The molecule has 0 heterocycles. The first-order valence-electron chi connectivity index (χ1n) is 7.68. The highest BCUT2D eigenvalue weighted by atomic mass is 14.7. The largest absolute Gasteiger partial charge is 0.397 e. The number of rotatable bonds is 2. The normalized spacial score (nSPS) is 15.4. The quantitative estimate of drug-likeness (QED) is 0.873. The van der Waals surface area contributed by atoms with Gasteiger partial charge < -0.3 is 11.5 Å². The third-order valence-electron chi connectivity index (χ3n) is 4.37. The summed E-state index contributed by atoms with van der Waals surface area (Å²) in [4.78, 5) is 0. The average Bonchev–Trinajstić information content (AvgIpc) is 2.52. The molecule has 2 nitrogen and oxygen atoms in total. The molecule has 2 aromatic rings. The van der Waals surface area contributed by atoms with Crippen molar-refractivity contribution in [2.24, 2.45) is 11.5 Å². The minimum absolute atomic E-state index is 0.727. The fourth-order valence-corrected chi connectivity index (χ4v) is 2.95. The molecule has 112 valence electrons. The lowest BCUT2D eigenvalue weighted by atomic mass is 9.86. The molecule has 0 aliphatic heterocycles. The number of aryl methyl sites for hydroxylation is 2. The van der Waals surface area contributed by atoms with Crippen LogP contribution in [0.1, 0.15) is 35.1 Å². The fraction of sp³-hybridized carbons (Fsp3) is 0.200. The number of nitrogens with two attached hydrogens (primary N) is 2. The minimum atomic E-state index is 0.727. The molecular weight excluding hydrogens is 268 g/mol. The number of hydrogen-bond acceptors (Lipinski definition) is 2. The molecule has 0 fully saturated rings. The third-order valence-corrected chi connectivity index (χ3v) is 4.37. The summed E-state index contributed by atoms with van der Waals surface area (Å²) in [6.07, 6.45) is 1.86. The molecule has 0 saturated heterocycles. The Hall–Kier alpha value is -2.48. The first-order valence-corrected chi connectivity index (χ1v) is 7.68. The van der Waals surface area contributed by atoms with Crippen LogP contribution in [0.15, 0.2) is 59.9 Å². The van der Waals surface area contributed by atoms with Crippen LogP contribution < -0.4 is 11.5 Å². The van der Waals surface area contributed by atoms with Crippen molar-refractivity contribution in [3.63, 3.8) is 0 Å². The van der Waals surface area contributed by atoms with Crippen LogP contribution in [0.4, 0.5) is 0 Å². The Bertz CT molecular complexity index is 680. The molecular formula is C20H22N2. The molecule has 1 aliphatic carbocycles. The Morgan fingerprint density at radius 3 is 1.23 bits per heavy atom. The first kappa shape index (κ1) is 14.5. The van der Waals surface area contributed by atoms with Crippen molar-refractivity contribution in [1.82, 2.24) is 0 Å². The van der Waals surface area contributed by atoms with Gasteiger partial charge in [0.1, 0.15) is 0 Å². The predicted octanol–water partition coefficient (Wildman–Crippen LogP) is 4.14. The lowest BCUT2D eigenvalue weighted by molar-refractivity contribution is 1.01. The van der Waals surface area contributed by atoms with Crippen LogP contribution >= 0.6 is 0 Å². The van der Waals surface area contributed by atoms with Gasteiger partial charge in [-0.2, -0.15) is 0 Å². The van der Waals surface area contributed by atoms with Gasteiger partial charge >= 0.3 is 0 Å². The van der Waals surface area contributed by atoms with E-state index in [0.717, 1.165) is 35.4 Å². The van der Waals surface area contributed by atoms with Gasteiger partial charge in [-0.1, -0.05) is 59.7 Å². The van der Waals surface area contributed by atoms with E-state index in [-0.39, 0.29) is 0 Å². The van der Waals surface area contributed by atoms with Gasteiger partial charge in [0.2, 0.25) is 0 Å². The SMILES string of the molecule is Cc1ccc(C2=C(N)C(N)=C(c3ccc(C)cc3)CC2)cc1. The average molecular weight is 290 g/mol. The second-order valence-electron chi connectivity index (χ2n) is 6.02. The standard InChI is InChI=1S/C20H22N2/c1-13-3-7-15(8-4-13)17-11-12-18(20(22)19(17)21)16-9-5-14(2)6-10-16/h3-10H,11-12,21-22H2,1-2H3. The van der Waals surface area contributed by atoms with Crippen molar-refractivity contribution in [2.45, 2.75) is 26.7 Å². The Kier molecular flexibility index (Phi) is 3.76. The Labute approximate surface area is 132 Å². The van der Waals surface area contributed by atoms with Gasteiger partial charge in [-0.25, -0.2) is 0 Å². The van der Waals surface area contributed by atoms with Crippen molar-refractivity contribution < 1.29 is 0 Å². The summed E-state index contributed by atoms with van der Waals surface area (Å²) in [6, 6.07) is 17.0. The molecule has 2 heteroatoms. The lowest BCUT2D eigenvalue weighted by Crippen LogP contribution is -2.18. The summed E-state index contributed by atoms with van der Waals surface area (Å²) in [5.41, 5.74) is 21.3. The summed E-state index contributed by atoms with van der Waals surface area (Å²) in [5.74, 6) is 0. The zero-order valence-electron chi connectivity index (χ0n) is 13.2. The van der Waals surface area contributed by atoms with Crippen LogP contribution in [0.5, 0.6) is 0 Å². The molecule has 0 radical (unpaired) electrons. The van der Waals surface area contributed by atoms with Gasteiger partial charge in [0.05, 0.1) is 11.4 Å². The summed E-state index contributed by atoms with van der Waals surface area (Å²) in [6.45, 7) is 4.18. The molecule has 0 aromatic heterocycles. The van der Waals surface area contributed by atoms with Crippen molar-refractivity contribution >= 4 is 11.1 Å². The fourth-order valence-electron chi connectivity index (χ4n) is 2.95. The van der Waals surface area contributed by atoms with E-state index in [1.54, 1.807) is 0 Å². The van der Waals surface area contributed by atoms with Crippen LogP contribution in [0.3, 0.4) is 0 Å². The molecule has 0 amide bonds. The van der Waals surface area contributed by atoms with Gasteiger partial charge in [0, 0.05) is 0 Å². The van der Waals surface area contributed by atoms with Gasteiger partial charge in [-0.15, -0.1) is 0 Å². The first-order chi connectivity index (χ1) is 10.6. The highest BCUT2D eigenvalue weighted by Crippen LogP contribution is 2.36. The lowest BCUT2D eigenvalue weighted by Gasteiger charge is -2.23. The van der Waals surface area contributed by atoms with Gasteiger partial charge in [0.25, 0.3) is 0 Å². The van der Waals surface area contributed by atoms with E-state index in [1.807, 2.05) is 0 Å². The second kappa shape index (κ2) is 5.72. The summed E-state index contributed by atoms with van der Waals surface area (Å²) in [7, 11) is 0. The van der Waals surface area contributed by atoms with E-state index < -0.39 is 0 Å². The molecule has 0 unspecified atom stereocenters. The second-order valence-corrected chi connectivity index (χ2v) is 6.02.